The second kappa shape index (κ2) is 7.56. The zero-order chi connectivity index (χ0) is 11.0. The van der Waals surface area contributed by atoms with Gasteiger partial charge in [-0.15, -0.1) is 0 Å². The van der Waals surface area contributed by atoms with Crippen LogP contribution >= 0.6 is 0 Å². The molecule has 0 saturated heterocycles. The molecule has 0 spiro atoms. The molecule has 0 aromatic heterocycles. The van der Waals surface area contributed by atoms with Crippen molar-refractivity contribution in [3.05, 3.63) is 12.2 Å². The number of hydrogen-bond acceptors (Lipinski definition) is 2. The van der Waals surface area contributed by atoms with E-state index in [4.69, 9.17) is 5.11 Å². The van der Waals surface area contributed by atoms with E-state index in [0.717, 1.165) is 31.5 Å². The lowest BCUT2D eigenvalue weighted by atomic mass is 10.0. The van der Waals surface area contributed by atoms with Crippen LogP contribution in [-0.2, 0) is 4.79 Å². The third kappa shape index (κ3) is 9.26. The maximum absolute atomic E-state index is 10.3. The highest BCUT2D eigenvalue weighted by Crippen LogP contribution is 2.08. The van der Waals surface area contributed by atoms with E-state index in [1.807, 2.05) is 6.92 Å². The van der Waals surface area contributed by atoms with Gasteiger partial charge in [-0.3, -0.25) is 4.79 Å². The molecule has 0 heterocycles. The molecule has 0 aliphatic heterocycles. The molecule has 0 amide bonds. The van der Waals surface area contributed by atoms with Crippen LogP contribution in [0.2, 0.25) is 0 Å². The molecule has 0 bridgehead atoms. The molecule has 0 radical (unpaired) electrons. The Morgan fingerprint density at radius 2 is 2.14 bits per heavy atom. The van der Waals surface area contributed by atoms with Crippen LogP contribution in [-0.4, -0.2) is 24.2 Å². The number of rotatable bonds is 8. The fourth-order valence-corrected chi connectivity index (χ4v) is 1.16. The van der Waals surface area contributed by atoms with Crippen molar-refractivity contribution in [2.75, 3.05) is 13.1 Å². The molecule has 0 saturated carbocycles. The number of carboxylic acids is 1. The number of nitrogens with one attached hydrogen (secondary N) is 1. The summed E-state index contributed by atoms with van der Waals surface area (Å²) < 4.78 is 0. The molecule has 0 rings (SSSR count). The predicted molar refractivity (Wildman–Crippen MR) is 58.3 cm³/mol. The van der Waals surface area contributed by atoms with Crippen LogP contribution in [0.1, 0.15) is 33.1 Å². The molecular weight excluding hydrogens is 178 g/mol. The van der Waals surface area contributed by atoms with E-state index >= 15 is 0 Å². The molecule has 1 atom stereocenters. The summed E-state index contributed by atoms with van der Waals surface area (Å²) in [6.07, 6.45) is 2.08. The van der Waals surface area contributed by atoms with E-state index in [0.29, 0.717) is 5.92 Å². The van der Waals surface area contributed by atoms with Crippen LogP contribution in [0.5, 0.6) is 0 Å². The van der Waals surface area contributed by atoms with Gasteiger partial charge in [0.25, 0.3) is 0 Å². The number of hydrogen-bond donors (Lipinski definition) is 2. The highest BCUT2D eigenvalue weighted by Gasteiger charge is 2.04. The number of carbonyl (C=O) groups is 1. The summed E-state index contributed by atoms with van der Waals surface area (Å²) in [5, 5.41) is 11.7. The largest absolute Gasteiger partial charge is 0.481 e. The van der Waals surface area contributed by atoms with E-state index in [1.165, 1.54) is 0 Å². The van der Waals surface area contributed by atoms with Gasteiger partial charge in [-0.25, -0.2) is 0 Å². The fourth-order valence-electron chi connectivity index (χ4n) is 1.16. The lowest BCUT2D eigenvalue weighted by Gasteiger charge is -2.10. The van der Waals surface area contributed by atoms with Gasteiger partial charge in [0, 0.05) is 13.0 Å². The first-order chi connectivity index (χ1) is 6.52. The summed E-state index contributed by atoms with van der Waals surface area (Å²) in [5.41, 5.74) is 1.13. The molecule has 0 fully saturated rings. The smallest absolute Gasteiger partial charge is 0.303 e. The summed E-state index contributed by atoms with van der Waals surface area (Å²) in [6, 6.07) is 0. The quantitative estimate of drug-likeness (QED) is 0.464. The Hall–Kier alpha value is -0.830. The number of carboxylic acid groups (broad SMARTS) is 1. The lowest BCUT2D eigenvalue weighted by molar-refractivity contribution is -0.137. The van der Waals surface area contributed by atoms with Gasteiger partial charge >= 0.3 is 5.97 Å². The standard InChI is InChI=1S/C11H21NO2/c1-9(2)8-12-7-6-10(3)4-5-11(13)14/h10,12H,1,4-8H2,2-3H3,(H,13,14). The van der Waals surface area contributed by atoms with Crippen molar-refractivity contribution >= 4 is 5.97 Å². The maximum Gasteiger partial charge on any atom is 0.303 e. The molecule has 0 aliphatic carbocycles. The van der Waals surface area contributed by atoms with Crippen LogP contribution in [0, 0.1) is 5.92 Å². The molecule has 1 unspecified atom stereocenters. The Bertz CT molecular complexity index is 190. The van der Waals surface area contributed by atoms with Gasteiger partial charge in [0.15, 0.2) is 0 Å². The van der Waals surface area contributed by atoms with E-state index in [9.17, 15) is 4.79 Å². The summed E-state index contributed by atoms with van der Waals surface area (Å²) in [4.78, 5) is 10.3. The molecular formula is C11H21NO2. The first-order valence-electron chi connectivity index (χ1n) is 5.09. The molecule has 0 aromatic carbocycles. The fraction of sp³-hybridized carbons (Fsp3) is 0.727. The first-order valence-corrected chi connectivity index (χ1v) is 5.09. The summed E-state index contributed by atoms with van der Waals surface area (Å²) in [7, 11) is 0. The van der Waals surface area contributed by atoms with Crippen LogP contribution in [0.4, 0.5) is 0 Å². The van der Waals surface area contributed by atoms with Crippen molar-refractivity contribution in [3.8, 4) is 0 Å². The Morgan fingerprint density at radius 3 is 2.64 bits per heavy atom. The van der Waals surface area contributed by atoms with Crippen LogP contribution in [0.25, 0.3) is 0 Å². The van der Waals surface area contributed by atoms with Crippen molar-refractivity contribution in [1.29, 1.82) is 0 Å². The Morgan fingerprint density at radius 1 is 1.50 bits per heavy atom. The SMILES string of the molecule is C=C(C)CNCCC(C)CCC(=O)O. The van der Waals surface area contributed by atoms with Gasteiger partial charge in [-0.1, -0.05) is 19.1 Å². The molecule has 2 N–H and O–H groups in total. The molecule has 3 nitrogen and oxygen atoms in total. The van der Waals surface area contributed by atoms with Gasteiger partial charge in [-0.2, -0.15) is 0 Å². The van der Waals surface area contributed by atoms with Crippen molar-refractivity contribution in [2.45, 2.75) is 33.1 Å². The summed E-state index contributed by atoms with van der Waals surface area (Å²) >= 11 is 0. The maximum atomic E-state index is 10.3. The second-order valence-corrected chi connectivity index (χ2v) is 3.96. The highest BCUT2D eigenvalue weighted by molar-refractivity contribution is 5.66. The van der Waals surface area contributed by atoms with Gasteiger partial charge in [0.1, 0.15) is 0 Å². The van der Waals surface area contributed by atoms with Crippen molar-refractivity contribution in [1.82, 2.24) is 5.32 Å². The summed E-state index contributed by atoms with van der Waals surface area (Å²) in [5.74, 6) is -0.226. The van der Waals surface area contributed by atoms with Gasteiger partial charge in [0.2, 0.25) is 0 Å². The van der Waals surface area contributed by atoms with Crippen molar-refractivity contribution < 1.29 is 9.90 Å². The molecule has 0 aliphatic rings. The Kier molecular flexibility index (Phi) is 7.11. The Balaban J connectivity index is 3.30. The van der Waals surface area contributed by atoms with Gasteiger partial charge < -0.3 is 10.4 Å². The van der Waals surface area contributed by atoms with Crippen LogP contribution in [0.3, 0.4) is 0 Å². The van der Waals surface area contributed by atoms with E-state index in [2.05, 4.69) is 18.8 Å². The van der Waals surface area contributed by atoms with Crippen LogP contribution in [0.15, 0.2) is 12.2 Å². The second-order valence-electron chi connectivity index (χ2n) is 3.96. The van der Waals surface area contributed by atoms with E-state index < -0.39 is 5.97 Å². The van der Waals surface area contributed by atoms with Crippen LogP contribution < -0.4 is 5.32 Å². The molecule has 0 aromatic rings. The average molecular weight is 199 g/mol. The molecule has 14 heavy (non-hydrogen) atoms. The van der Waals surface area contributed by atoms with Gasteiger partial charge in [0.05, 0.1) is 0 Å². The third-order valence-electron chi connectivity index (χ3n) is 2.09. The zero-order valence-electron chi connectivity index (χ0n) is 9.18. The minimum Gasteiger partial charge on any atom is -0.481 e. The van der Waals surface area contributed by atoms with E-state index in [1.54, 1.807) is 0 Å². The summed E-state index contributed by atoms with van der Waals surface area (Å²) in [6.45, 7) is 9.66. The highest BCUT2D eigenvalue weighted by atomic mass is 16.4. The number of aliphatic carboxylic acids is 1. The minimum absolute atomic E-state index is 0.279. The van der Waals surface area contributed by atoms with Crippen molar-refractivity contribution in [2.24, 2.45) is 5.92 Å². The van der Waals surface area contributed by atoms with Crippen molar-refractivity contribution in [3.63, 3.8) is 0 Å². The Labute approximate surface area is 86.2 Å². The lowest BCUT2D eigenvalue weighted by Crippen LogP contribution is -2.19. The minimum atomic E-state index is -0.702. The zero-order valence-corrected chi connectivity index (χ0v) is 9.18. The predicted octanol–water partition coefficient (Wildman–Crippen LogP) is 2.04. The average Bonchev–Trinajstić information content (AvgIpc) is 2.08. The molecule has 3 heteroatoms. The monoisotopic (exact) mass is 199 g/mol. The van der Waals surface area contributed by atoms with Gasteiger partial charge in [-0.05, 0) is 32.2 Å². The first kappa shape index (κ1) is 13.2. The van der Waals surface area contributed by atoms with E-state index in [-0.39, 0.29) is 6.42 Å². The third-order valence-corrected chi connectivity index (χ3v) is 2.09. The molecule has 82 valence electrons. The topological polar surface area (TPSA) is 49.3 Å². The normalized spacial score (nSPS) is 12.4.